The van der Waals surface area contributed by atoms with Crippen LogP contribution in [0.15, 0.2) is 48.2 Å². The molecule has 3 aromatic rings. The minimum absolute atomic E-state index is 0.198. The molecule has 0 radical (unpaired) electrons. The highest BCUT2D eigenvalue weighted by molar-refractivity contribution is 7.13. The zero-order valence-corrected chi connectivity index (χ0v) is 13.9. The number of thiazole rings is 1. The Labute approximate surface area is 143 Å². The number of carbonyl (C=O) groups excluding carboxylic acids is 1. The molecule has 0 saturated heterocycles. The highest BCUT2D eigenvalue weighted by atomic mass is 32.1. The van der Waals surface area contributed by atoms with Crippen LogP contribution in [-0.4, -0.2) is 34.5 Å². The minimum Gasteiger partial charge on any atom is -0.496 e. The fraction of sp³-hybridized carbons (Fsp3) is 0.176. The summed E-state index contributed by atoms with van der Waals surface area (Å²) < 4.78 is 5.30. The van der Waals surface area contributed by atoms with Crippen molar-refractivity contribution in [3.8, 4) is 16.5 Å². The van der Waals surface area contributed by atoms with Crippen LogP contribution in [0, 0.1) is 0 Å². The summed E-state index contributed by atoms with van der Waals surface area (Å²) >= 11 is 1.37. The van der Waals surface area contributed by atoms with Crippen molar-refractivity contribution in [2.24, 2.45) is 0 Å². The second-order valence-electron chi connectivity index (χ2n) is 4.95. The SMILES string of the molecule is COc1ccccc1CCNC(=O)c1csc(-c2cnccn2)n1. The van der Waals surface area contributed by atoms with Crippen molar-refractivity contribution in [3.63, 3.8) is 0 Å². The van der Waals surface area contributed by atoms with E-state index in [1.54, 1.807) is 31.1 Å². The number of aromatic nitrogens is 3. The number of hydrogen-bond acceptors (Lipinski definition) is 6. The van der Waals surface area contributed by atoms with Crippen molar-refractivity contribution in [3.05, 3.63) is 59.5 Å². The molecule has 0 aliphatic carbocycles. The van der Waals surface area contributed by atoms with Crippen LogP contribution < -0.4 is 10.1 Å². The topological polar surface area (TPSA) is 77.0 Å². The van der Waals surface area contributed by atoms with Gasteiger partial charge in [0.1, 0.15) is 22.1 Å². The van der Waals surface area contributed by atoms with Crippen LogP contribution in [-0.2, 0) is 6.42 Å². The molecule has 0 aliphatic heterocycles. The van der Waals surface area contributed by atoms with Gasteiger partial charge in [-0.3, -0.25) is 14.8 Å². The first-order valence-electron chi connectivity index (χ1n) is 7.40. The van der Waals surface area contributed by atoms with Gasteiger partial charge in [0.15, 0.2) is 0 Å². The molecule has 24 heavy (non-hydrogen) atoms. The van der Waals surface area contributed by atoms with Crippen molar-refractivity contribution in [1.82, 2.24) is 20.3 Å². The molecule has 2 aromatic heterocycles. The van der Waals surface area contributed by atoms with Gasteiger partial charge in [0.05, 0.1) is 13.3 Å². The zero-order valence-electron chi connectivity index (χ0n) is 13.1. The Balaban J connectivity index is 1.59. The number of ether oxygens (including phenoxy) is 1. The average Bonchev–Trinajstić information content (AvgIpc) is 3.13. The van der Waals surface area contributed by atoms with Gasteiger partial charge in [-0.2, -0.15) is 0 Å². The second-order valence-corrected chi connectivity index (χ2v) is 5.80. The van der Waals surface area contributed by atoms with Crippen LogP contribution in [0.25, 0.3) is 10.7 Å². The standard InChI is InChI=1S/C17H16N4O2S/c1-23-15-5-3-2-4-12(15)6-7-20-16(22)14-11-24-17(21-14)13-10-18-8-9-19-13/h2-5,8-11H,6-7H2,1H3,(H,20,22). The van der Waals surface area contributed by atoms with Gasteiger partial charge in [0.2, 0.25) is 0 Å². The van der Waals surface area contributed by atoms with Gasteiger partial charge in [0, 0.05) is 24.3 Å². The predicted molar refractivity (Wildman–Crippen MR) is 92.2 cm³/mol. The van der Waals surface area contributed by atoms with E-state index in [0.717, 1.165) is 11.3 Å². The predicted octanol–water partition coefficient (Wildman–Crippen LogP) is 2.58. The summed E-state index contributed by atoms with van der Waals surface area (Å²) in [6.07, 6.45) is 5.52. The summed E-state index contributed by atoms with van der Waals surface area (Å²) in [5.41, 5.74) is 2.11. The lowest BCUT2D eigenvalue weighted by Crippen LogP contribution is -2.26. The molecule has 0 bridgehead atoms. The first kappa shape index (κ1) is 16.1. The van der Waals surface area contributed by atoms with Crippen LogP contribution in [0.3, 0.4) is 0 Å². The Morgan fingerprint density at radius 1 is 1.29 bits per heavy atom. The molecule has 0 saturated carbocycles. The molecule has 1 amide bonds. The average molecular weight is 340 g/mol. The normalized spacial score (nSPS) is 10.4. The third-order valence-electron chi connectivity index (χ3n) is 3.39. The number of carbonyl (C=O) groups is 1. The van der Waals surface area contributed by atoms with Crippen LogP contribution in [0.4, 0.5) is 0 Å². The summed E-state index contributed by atoms with van der Waals surface area (Å²) in [6, 6.07) is 7.77. The zero-order chi connectivity index (χ0) is 16.8. The van der Waals surface area contributed by atoms with Crippen molar-refractivity contribution >= 4 is 17.2 Å². The maximum atomic E-state index is 12.2. The van der Waals surface area contributed by atoms with E-state index in [0.29, 0.717) is 29.4 Å². The largest absolute Gasteiger partial charge is 0.496 e. The van der Waals surface area contributed by atoms with Crippen LogP contribution in [0.2, 0.25) is 0 Å². The summed E-state index contributed by atoms with van der Waals surface area (Å²) in [5.74, 6) is 0.627. The van der Waals surface area contributed by atoms with Gasteiger partial charge in [0.25, 0.3) is 5.91 Å². The van der Waals surface area contributed by atoms with Crippen LogP contribution >= 0.6 is 11.3 Å². The Hall–Kier alpha value is -2.80. The third-order valence-corrected chi connectivity index (χ3v) is 4.26. The number of hydrogen-bond donors (Lipinski definition) is 1. The first-order valence-corrected chi connectivity index (χ1v) is 8.28. The minimum atomic E-state index is -0.198. The smallest absolute Gasteiger partial charge is 0.270 e. The fourth-order valence-electron chi connectivity index (χ4n) is 2.22. The summed E-state index contributed by atoms with van der Waals surface area (Å²) in [6.45, 7) is 0.511. The molecule has 0 unspecified atom stereocenters. The molecule has 0 fully saturated rings. The molecular formula is C17H16N4O2S. The molecule has 1 N–H and O–H groups in total. The van der Waals surface area contributed by atoms with Crippen LogP contribution in [0.5, 0.6) is 5.75 Å². The van der Waals surface area contributed by atoms with Gasteiger partial charge in [-0.05, 0) is 18.1 Å². The van der Waals surface area contributed by atoms with Crippen molar-refractivity contribution < 1.29 is 9.53 Å². The molecular weight excluding hydrogens is 324 g/mol. The van der Waals surface area contributed by atoms with Gasteiger partial charge in [-0.1, -0.05) is 18.2 Å². The number of rotatable bonds is 6. The number of benzene rings is 1. The Kier molecular flexibility index (Phi) is 5.12. The van der Waals surface area contributed by atoms with E-state index in [4.69, 9.17) is 4.74 Å². The molecule has 6 nitrogen and oxygen atoms in total. The first-order chi connectivity index (χ1) is 11.8. The molecule has 7 heteroatoms. The van der Waals surface area contributed by atoms with Crippen molar-refractivity contribution in [2.45, 2.75) is 6.42 Å². The molecule has 2 heterocycles. The summed E-state index contributed by atoms with van der Waals surface area (Å²) in [5, 5.41) is 5.28. The maximum Gasteiger partial charge on any atom is 0.270 e. The number of para-hydroxylation sites is 1. The van der Waals surface area contributed by atoms with Crippen LogP contribution in [0.1, 0.15) is 16.1 Å². The van der Waals surface area contributed by atoms with E-state index in [9.17, 15) is 4.79 Å². The monoisotopic (exact) mass is 340 g/mol. The number of amides is 1. The Morgan fingerprint density at radius 2 is 2.17 bits per heavy atom. The summed E-state index contributed by atoms with van der Waals surface area (Å²) in [7, 11) is 1.64. The second kappa shape index (κ2) is 7.65. The van der Waals surface area contributed by atoms with E-state index in [1.807, 2.05) is 24.3 Å². The van der Waals surface area contributed by atoms with E-state index in [-0.39, 0.29) is 5.91 Å². The van der Waals surface area contributed by atoms with Crippen molar-refractivity contribution in [2.75, 3.05) is 13.7 Å². The van der Waals surface area contributed by atoms with E-state index < -0.39 is 0 Å². The number of methoxy groups -OCH3 is 1. The summed E-state index contributed by atoms with van der Waals surface area (Å²) in [4.78, 5) is 24.7. The van der Waals surface area contributed by atoms with Gasteiger partial charge >= 0.3 is 0 Å². The van der Waals surface area contributed by atoms with E-state index in [1.165, 1.54) is 11.3 Å². The van der Waals surface area contributed by atoms with Gasteiger partial charge in [-0.15, -0.1) is 11.3 Å². The molecule has 0 spiro atoms. The molecule has 3 rings (SSSR count). The van der Waals surface area contributed by atoms with Gasteiger partial charge in [-0.25, -0.2) is 4.98 Å². The molecule has 0 atom stereocenters. The lowest BCUT2D eigenvalue weighted by Gasteiger charge is -2.08. The quantitative estimate of drug-likeness (QED) is 0.746. The highest BCUT2D eigenvalue weighted by Crippen LogP contribution is 2.21. The number of nitrogens with zero attached hydrogens (tertiary/aromatic N) is 3. The van der Waals surface area contributed by atoms with E-state index >= 15 is 0 Å². The van der Waals surface area contributed by atoms with E-state index in [2.05, 4.69) is 20.3 Å². The fourth-order valence-corrected chi connectivity index (χ4v) is 2.98. The van der Waals surface area contributed by atoms with Gasteiger partial charge < -0.3 is 10.1 Å². The highest BCUT2D eigenvalue weighted by Gasteiger charge is 2.12. The lowest BCUT2D eigenvalue weighted by molar-refractivity contribution is 0.0950. The van der Waals surface area contributed by atoms with Crippen molar-refractivity contribution in [1.29, 1.82) is 0 Å². The molecule has 122 valence electrons. The molecule has 0 aliphatic rings. The maximum absolute atomic E-state index is 12.2. The third kappa shape index (κ3) is 3.75. The Bertz CT molecular complexity index is 820. The Morgan fingerprint density at radius 3 is 2.96 bits per heavy atom. The number of nitrogens with one attached hydrogen (secondary N) is 1. The molecule has 1 aromatic carbocycles. The lowest BCUT2D eigenvalue weighted by atomic mass is 10.1.